The summed E-state index contributed by atoms with van der Waals surface area (Å²) in [5.41, 5.74) is 1.10. The number of carboxylic acid groups (broad SMARTS) is 1. The molecule has 6 fully saturated rings. The van der Waals surface area contributed by atoms with Crippen LogP contribution in [0, 0.1) is 45.3 Å². The highest BCUT2D eigenvalue weighted by Crippen LogP contribution is 2.85. The van der Waals surface area contributed by atoms with Crippen molar-refractivity contribution in [2.24, 2.45) is 45.3 Å². The zero-order valence-corrected chi connectivity index (χ0v) is 14.3. The predicted molar refractivity (Wildman–Crippen MR) is 85.3 cm³/mol. The highest BCUT2D eigenvalue weighted by molar-refractivity contribution is 5.75. The van der Waals surface area contributed by atoms with Crippen molar-refractivity contribution in [3.63, 3.8) is 0 Å². The number of aliphatic carboxylic acids is 1. The van der Waals surface area contributed by atoms with E-state index in [0.29, 0.717) is 22.2 Å². The third-order valence-corrected chi connectivity index (χ3v) is 9.85. The highest BCUT2D eigenvalue weighted by Gasteiger charge is 2.78. The average Bonchev–Trinajstić information content (AvgIpc) is 2.89. The number of hydrogen-bond donors (Lipinski definition) is 1. The number of carbonyl (C=O) groups is 1. The number of rotatable bonds is 1. The molecule has 22 heavy (non-hydrogen) atoms. The second-order valence-corrected chi connectivity index (χ2v) is 10.4. The zero-order valence-electron chi connectivity index (χ0n) is 14.3. The summed E-state index contributed by atoms with van der Waals surface area (Å²) in [5, 5.41) is 9.92. The quantitative estimate of drug-likeness (QED) is 0.760. The van der Waals surface area contributed by atoms with Crippen LogP contribution in [0.2, 0.25) is 0 Å². The highest BCUT2D eigenvalue weighted by atomic mass is 16.4. The number of fused-ring (bicyclic) bond motifs is 1. The van der Waals surface area contributed by atoms with Gasteiger partial charge in [0.25, 0.3) is 0 Å². The van der Waals surface area contributed by atoms with E-state index in [4.69, 9.17) is 0 Å². The monoisotopic (exact) mass is 302 g/mol. The smallest absolute Gasteiger partial charge is 0.309 e. The van der Waals surface area contributed by atoms with Gasteiger partial charge in [-0.25, -0.2) is 0 Å². The van der Waals surface area contributed by atoms with Gasteiger partial charge >= 0.3 is 5.97 Å². The van der Waals surface area contributed by atoms with E-state index >= 15 is 0 Å². The lowest BCUT2D eigenvalue weighted by Gasteiger charge is -2.65. The van der Waals surface area contributed by atoms with Gasteiger partial charge in [-0.2, -0.15) is 0 Å². The van der Waals surface area contributed by atoms with Crippen molar-refractivity contribution in [2.75, 3.05) is 0 Å². The number of hydrogen-bond acceptors (Lipinski definition) is 1. The molecule has 0 aromatic carbocycles. The Balaban J connectivity index is 1.56. The topological polar surface area (TPSA) is 37.3 Å². The van der Waals surface area contributed by atoms with Crippen molar-refractivity contribution >= 4 is 5.97 Å². The lowest BCUT2D eigenvalue weighted by Crippen LogP contribution is -2.59. The van der Waals surface area contributed by atoms with Gasteiger partial charge in [-0.15, -0.1) is 0 Å². The van der Waals surface area contributed by atoms with Crippen LogP contribution >= 0.6 is 0 Å². The molecule has 6 aliphatic rings. The molecule has 8 atom stereocenters. The predicted octanol–water partition coefficient (Wildman–Crippen LogP) is 4.73. The van der Waals surface area contributed by atoms with Crippen LogP contribution in [0.1, 0.15) is 72.1 Å². The molecule has 0 aliphatic heterocycles. The Hall–Kier alpha value is -0.530. The summed E-state index contributed by atoms with van der Waals surface area (Å²) in [7, 11) is 0. The van der Waals surface area contributed by atoms with Gasteiger partial charge in [0.15, 0.2) is 0 Å². The Labute approximate surface area is 134 Å². The molecule has 0 aromatic rings. The maximum absolute atomic E-state index is 12.0. The van der Waals surface area contributed by atoms with Crippen LogP contribution in [0.5, 0.6) is 0 Å². The van der Waals surface area contributed by atoms with Crippen LogP contribution in [0.15, 0.2) is 0 Å². The molecular formula is C20H30O2. The molecule has 6 aliphatic carbocycles. The number of carboxylic acids is 1. The summed E-state index contributed by atoms with van der Waals surface area (Å²) in [6, 6.07) is 0. The summed E-state index contributed by atoms with van der Waals surface area (Å²) in [6.45, 7) is 7.09. The van der Waals surface area contributed by atoms with Crippen LogP contribution in [0.4, 0.5) is 0 Å². The van der Waals surface area contributed by atoms with Crippen molar-refractivity contribution in [3.8, 4) is 0 Å². The molecule has 0 heterocycles. The van der Waals surface area contributed by atoms with Crippen LogP contribution < -0.4 is 0 Å². The normalized spacial score (nSPS) is 64.7. The lowest BCUT2D eigenvalue weighted by atomic mass is 9.39. The first-order valence-corrected chi connectivity index (χ1v) is 9.50. The first kappa shape index (κ1) is 13.9. The molecule has 6 saturated carbocycles. The Morgan fingerprint density at radius 3 is 2.41 bits per heavy atom. The van der Waals surface area contributed by atoms with Crippen molar-refractivity contribution in [1.29, 1.82) is 0 Å². The van der Waals surface area contributed by atoms with Gasteiger partial charge in [-0.1, -0.05) is 20.3 Å². The van der Waals surface area contributed by atoms with E-state index in [1.807, 2.05) is 0 Å². The van der Waals surface area contributed by atoms with E-state index in [9.17, 15) is 9.90 Å². The van der Waals surface area contributed by atoms with Crippen LogP contribution in [-0.4, -0.2) is 11.1 Å². The molecule has 122 valence electrons. The van der Waals surface area contributed by atoms with E-state index in [-0.39, 0.29) is 0 Å². The molecule has 2 heteroatoms. The van der Waals surface area contributed by atoms with E-state index in [1.54, 1.807) is 0 Å². The van der Waals surface area contributed by atoms with Gasteiger partial charge in [0.05, 0.1) is 5.41 Å². The SMILES string of the molecule is C[C@]12CCC[C@](C)(C(=O)O)[C@@H]1CC[C@]13C[C@@H]4[C@H](C[C@@H]12)[C@]4(C)C3. The van der Waals surface area contributed by atoms with E-state index in [2.05, 4.69) is 20.8 Å². The van der Waals surface area contributed by atoms with Crippen LogP contribution in [-0.2, 0) is 4.79 Å². The molecule has 1 spiro atoms. The third-order valence-electron chi connectivity index (χ3n) is 9.85. The molecule has 2 nitrogen and oxygen atoms in total. The largest absolute Gasteiger partial charge is 0.481 e. The minimum absolute atomic E-state index is 0.290. The Bertz CT molecular complexity index is 570. The van der Waals surface area contributed by atoms with Gasteiger partial charge in [-0.05, 0) is 91.8 Å². The van der Waals surface area contributed by atoms with Gasteiger partial charge in [0.1, 0.15) is 0 Å². The standard InChI is InChI=1S/C20H30O2/c1-17-6-4-7-18(2,16(21)22)14(17)5-8-20-10-13-12(9-15(17)20)19(13,3)11-20/h12-15H,4-11H2,1-3H3,(H,21,22)/t12-,13+,14+,15+,17-,18-,19-,20+/m0/s1. The van der Waals surface area contributed by atoms with E-state index in [1.165, 1.54) is 38.5 Å². The third kappa shape index (κ3) is 1.26. The fourth-order valence-corrected chi connectivity index (χ4v) is 8.87. The fourth-order valence-electron chi connectivity index (χ4n) is 8.87. The molecule has 0 amide bonds. The van der Waals surface area contributed by atoms with Gasteiger partial charge in [0, 0.05) is 0 Å². The molecule has 0 saturated heterocycles. The summed E-state index contributed by atoms with van der Waals surface area (Å²) in [6.07, 6.45) is 10.1. The van der Waals surface area contributed by atoms with Gasteiger partial charge < -0.3 is 5.11 Å². The summed E-state index contributed by atoms with van der Waals surface area (Å²) in [4.78, 5) is 12.0. The van der Waals surface area contributed by atoms with Crippen molar-refractivity contribution < 1.29 is 9.90 Å². The van der Waals surface area contributed by atoms with E-state index in [0.717, 1.165) is 30.6 Å². The minimum Gasteiger partial charge on any atom is -0.481 e. The maximum atomic E-state index is 12.0. The average molecular weight is 302 g/mol. The molecule has 0 unspecified atom stereocenters. The zero-order chi connectivity index (χ0) is 15.5. The molecule has 1 N–H and O–H groups in total. The lowest BCUT2D eigenvalue weighted by molar-refractivity contribution is -0.187. The second-order valence-electron chi connectivity index (χ2n) is 10.4. The Morgan fingerprint density at radius 1 is 1.00 bits per heavy atom. The van der Waals surface area contributed by atoms with Crippen molar-refractivity contribution in [2.45, 2.75) is 72.1 Å². The first-order valence-electron chi connectivity index (χ1n) is 9.50. The molecule has 4 bridgehead atoms. The van der Waals surface area contributed by atoms with Gasteiger partial charge in [-0.3, -0.25) is 4.79 Å². The van der Waals surface area contributed by atoms with Crippen molar-refractivity contribution in [1.82, 2.24) is 0 Å². The summed E-state index contributed by atoms with van der Waals surface area (Å²) < 4.78 is 0. The first-order chi connectivity index (χ1) is 10.3. The molecular weight excluding hydrogens is 272 g/mol. The fraction of sp³-hybridized carbons (Fsp3) is 0.950. The molecule has 6 rings (SSSR count). The summed E-state index contributed by atoms with van der Waals surface area (Å²) in [5.74, 6) is 2.70. The van der Waals surface area contributed by atoms with Gasteiger partial charge in [0.2, 0.25) is 0 Å². The molecule has 0 radical (unpaired) electrons. The Morgan fingerprint density at radius 2 is 1.77 bits per heavy atom. The maximum Gasteiger partial charge on any atom is 0.309 e. The van der Waals surface area contributed by atoms with E-state index < -0.39 is 11.4 Å². The van der Waals surface area contributed by atoms with Crippen molar-refractivity contribution in [3.05, 3.63) is 0 Å². The molecule has 0 aromatic heterocycles. The van der Waals surface area contributed by atoms with Crippen LogP contribution in [0.3, 0.4) is 0 Å². The summed E-state index contributed by atoms with van der Waals surface area (Å²) >= 11 is 0. The minimum atomic E-state index is -0.530. The Kier molecular flexibility index (Phi) is 2.27. The second kappa shape index (κ2) is 3.59. The van der Waals surface area contributed by atoms with Crippen LogP contribution in [0.25, 0.3) is 0 Å².